The van der Waals surface area contributed by atoms with Crippen molar-refractivity contribution >= 4 is 0 Å². The van der Waals surface area contributed by atoms with Crippen LogP contribution in [0.3, 0.4) is 0 Å². The first-order chi connectivity index (χ1) is 11.5. The highest BCUT2D eigenvalue weighted by atomic mass is 15.3. The Kier molecular flexibility index (Phi) is 16.4. The molecule has 0 saturated heterocycles. The van der Waals surface area contributed by atoms with E-state index in [9.17, 15) is 0 Å². The first-order valence-electron chi connectivity index (χ1n) is 11.3. The molecule has 0 bridgehead atoms. The van der Waals surface area contributed by atoms with E-state index in [4.69, 9.17) is 0 Å². The second kappa shape index (κ2) is 16.4. The van der Waals surface area contributed by atoms with Crippen molar-refractivity contribution in [1.29, 1.82) is 0 Å². The topological polar surface area (TPSA) is 0 Å². The van der Waals surface area contributed by atoms with Crippen molar-refractivity contribution in [1.82, 2.24) is 0 Å². The Morgan fingerprint density at radius 2 is 0.917 bits per heavy atom. The molecule has 0 rings (SSSR count). The molecule has 0 aliphatic carbocycles. The van der Waals surface area contributed by atoms with Crippen LogP contribution in [0.25, 0.3) is 0 Å². The van der Waals surface area contributed by atoms with Gasteiger partial charge >= 0.3 is 0 Å². The minimum absolute atomic E-state index is 0.872. The first kappa shape index (κ1) is 24.0. The molecule has 146 valence electrons. The molecular formula is C23H50N+. The zero-order chi connectivity index (χ0) is 18.1. The van der Waals surface area contributed by atoms with Crippen LogP contribution < -0.4 is 0 Å². The first-order valence-corrected chi connectivity index (χ1v) is 11.3. The van der Waals surface area contributed by atoms with E-state index in [-0.39, 0.29) is 0 Å². The number of rotatable bonds is 18. The Bertz CT molecular complexity index is 244. The van der Waals surface area contributed by atoms with Crippen molar-refractivity contribution in [2.24, 2.45) is 5.92 Å². The van der Waals surface area contributed by atoms with Crippen LogP contribution in [0.5, 0.6) is 0 Å². The van der Waals surface area contributed by atoms with Gasteiger partial charge in [-0.25, -0.2) is 0 Å². The van der Waals surface area contributed by atoms with Gasteiger partial charge in [-0.2, -0.15) is 0 Å². The molecule has 0 heterocycles. The minimum Gasteiger partial charge on any atom is -0.328 e. The van der Waals surface area contributed by atoms with Crippen LogP contribution in [0, 0.1) is 5.92 Å². The van der Waals surface area contributed by atoms with Crippen molar-refractivity contribution in [3.05, 3.63) is 0 Å². The van der Waals surface area contributed by atoms with Crippen LogP contribution in [0.4, 0.5) is 0 Å². The summed E-state index contributed by atoms with van der Waals surface area (Å²) in [6.45, 7) is 9.72. The maximum atomic E-state index is 2.42. The third-order valence-electron chi connectivity index (χ3n) is 5.41. The monoisotopic (exact) mass is 340 g/mol. The number of quaternary nitrogens is 1. The third kappa shape index (κ3) is 18.3. The number of nitrogens with zero attached hydrogens (tertiary/aromatic N) is 1. The molecule has 0 radical (unpaired) electrons. The highest BCUT2D eigenvalue weighted by molar-refractivity contribution is 4.50. The van der Waals surface area contributed by atoms with Gasteiger partial charge in [-0.15, -0.1) is 0 Å². The molecule has 0 spiro atoms. The lowest BCUT2D eigenvalue weighted by Gasteiger charge is -2.30. The Labute approximate surface area is 155 Å². The molecule has 0 saturated carbocycles. The van der Waals surface area contributed by atoms with Gasteiger partial charge in [-0.05, 0) is 31.6 Å². The van der Waals surface area contributed by atoms with Gasteiger partial charge in [0.25, 0.3) is 0 Å². The molecule has 1 nitrogen and oxygen atoms in total. The van der Waals surface area contributed by atoms with Gasteiger partial charge in [0, 0.05) is 0 Å². The van der Waals surface area contributed by atoms with Crippen LogP contribution in [-0.4, -0.2) is 31.7 Å². The molecule has 0 aliphatic heterocycles. The van der Waals surface area contributed by atoms with E-state index in [2.05, 4.69) is 34.9 Å². The molecule has 0 N–H and O–H groups in total. The molecule has 0 aromatic carbocycles. The van der Waals surface area contributed by atoms with Gasteiger partial charge < -0.3 is 4.48 Å². The second-order valence-corrected chi connectivity index (χ2v) is 9.16. The molecule has 0 aromatic rings. The predicted molar refractivity (Wildman–Crippen MR) is 112 cm³/mol. The van der Waals surface area contributed by atoms with Gasteiger partial charge in [0.05, 0.1) is 27.2 Å². The minimum atomic E-state index is 0.872. The van der Waals surface area contributed by atoms with Crippen LogP contribution in [-0.2, 0) is 0 Å². The predicted octanol–water partition coefficient (Wildman–Crippen LogP) is 7.59. The van der Waals surface area contributed by atoms with Crippen molar-refractivity contribution in [2.45, 2.75) is 117 Å². The highest BCUT2D eigenvalue weighted by Gasteiger charge is 2.13. The van der Waals surface area contributed by atoms with Crippen molar-refractivity contribution < 1.29 is 4.48 Å². The maximum absolute atomic E-state index is 2.42. The molecular weight excluding hydrogens is 290 g/mol. The molecule has 0 atom stereocenters. The summed E-state index contributed by atoms with van der Waals surface area (Å²) in [4.78, 5) is 0. The third-order valence-corrected chi connectivity index (χ3v) is 5.41. The lowest BCUT2D eigenvalue weighted by molar-refractivity contribution is -0.890. The fraction of sp³-hybridized carbons (Fsp3) is 1.00. The zero-order valence-electron chi connectivity index (χ0n) is 18.0. The van der Waals surface area contributed by atoms with Gasteiger partial charge in [0.1, 0.15) is 0 Å². The van der Waals surface area contributed by atoms with E-state index in [0.29, 0.717) is 0 Å². The molecule has 0 aromatic heterocycles. The number of unbranched alkanes of at least 4 members (excludes halogenated alkanes) is 12. The molecule has 24 heavy (non-hydrogen) atoms. The van der Waals surface area contributed by atoms with Crippen LogP contribution >= 0.6 is 0 Å². The van der Waals surface area contributed by atoms with Crippen LogP contribution in [0.2, 0.25) is 0 Å². The Morgan fingerprint density at radius 3 is 1.33 bits per heavy atom. The summed E-state index contributed by atoms with van der Waals surface area (Å²) in [6.07, 6.45) is 21.7. The normalized spacial score (nSPS) is 12.2. The molecule has 0 unspecified atom stereocenters. The SMILES string of the molecule is CCCCCCCCCCCCCC[N+](C)(C)CCCCC(C)C. The number of hydrogen-bond acceptors (Lipinski definition) is 0. The van der Waals surface area contributed by atoms with Crippen molar-refractivity contribution in [2.75, 3.05) is 27.2 Å². The fourth-order valence-electron chi connectivity index (χ4n) is 3.59. The van der Waals surface area contributed by atoms with Crippen molar-refractivity contribution in [3.8, 4) is 0 Å². The molecule has 0 fully saturated rings. The second-order valence-electron chi connectivity index (χ2n) is 9.16. The zero-order valence-corrected chi connectivity index (χ0v) is 18.0. The van der Waals surface area contributed by atoms with Gasteiger partial charge in [0.2, 0.25) is 0 Å². The molecule has 1 heteroatoms. The lowest BCUT2D eigenvalue weighted by atomic mass is 10.0. The van der Waals surface area contributed by atoms with E-state index >= 15 is 0 Å². The Hall–Kier alpha value is -0.0400. The van der Waals surface area contributed by atoms with Gasteiger partial charge in [0.15, 0.2) is 0 Å². The van der Waals surface area contributed by atoms with Gasteiger partial charge in [-0.1, -0.05) is 91.4 Å². The largest absolute Gasteiger partial charge is 0.328 e. The van der Waals surface area contributed by atoms with E-state index < -0.39 is 0 Å². The van der Waals surface area contributed by atoms with E-state index in [1.807, 2.05) is 0 Å². The van der Waals surface area contributed by atoms with E-state index in [0.717, 1.165) is 5.92 Å². The average Bonchev–Trinajstić information content (AvgIpc) is 2.52. The van der Waals surface area contributed by atoms with Crippen molar-refractivity contribution in [3.63, 3.8) is 0 Å². The van der Waals surface area contributed by atoms with E-state index in [1.165, 1.54) is 114 Å². The molecule has 0 aliphatic rings. The summed E-state index contributed by atoms with van der Waals surface area (Å²) >= 11 is 0. The fourth-order valence-corrected chi connectivity index (χ4v) is 3.59. The summed E-state index contributed by atoms with van der Waals surface area (Å²) in [5.41, 5.74) is 0. The summed E-state index contributed by atoms with van der Waals surface area (Å²) in [5.74, 6) is 0.872. The quantitative estimate of drug-likeness (QED) is 0.178. The summed E-state index contributed by atoms with van der Waals surface area (Å²) in [5, 5.41) is 0. The van der Waals surface area contributed by atoms with Gasteiger partial charge in [-0.3, -0.25) is 0 Å². The van der Waals surface area contributed by atoms with Crippen LogP contribution in [0.1, 0.15) is 117 Å². The number of hydrogen-bond donors (Lipinski definition) is 0. The van der Waals surface area contributed by atoms with E-state index in [1.54, 1.807) is 0 Å². The highest BCUT2D eigenvalue weighted by Crippen LogP contribution is 2.14. The summed E-state index contributed by atoms with van der Waals surface area (Å²) < 4.78 is 1.23. The lowest BCUT2D eigenvalue weighted by Crippen LogP contribution is -2.41. The summed E-state index contributed by atoms with van der Waals surface area (Å²) in [7, 11) is 4.85. The Balaban J connectivity index is 3.30. The maximum Gasteiger partial charge on any atom is 0.0782 e. The standard InChI is InChI=1S/C23H50N/c1-6-7-8-9-10-11-12-13-14-15-16-18-21-24(4,5)22-19-17-20-23(2)3/h23H,6-22H2,1-5H3/q+1. The Morgan fingerprint density at radius 1 is 0.542 bits per heavy atom. The van der Waals surface area contributed by atoms with Crippen LogP contribution in [0.15, 0.2) is 0 Å². The average molecular weight is 341 g/mol. The molecule has 0 amide bonds. The summed E-state index contributed by atoms with van der Waals surface area (Å²) in [6, 6.07) is 0. The smallest absolute Gasteiger partial charge is 0.0782 e.